The first-order valence-electron chi connectivity index (χ1n) is 23.4. The second-order valence-electron chi connectivity index (χ2n) is 17.6. The quantitative estimate of drug-likeness (QED) is 0.160. The molecule has 69 heavy (non-hydrogen) atoms. The number of fused-ring (bicyclic) bond motifs is 10. The number of aromatic nitrogens is 6. The number of hydrogen-bond donors (Lipinski definition) is 0. The maximum atomic E-state index is 5.49. The highest BCUT2D eigenvalue weighted by Gasteiger charge is 2.27. The van der Waals surface area contributed by atoms with E-state index in [0.717, 1.165) is 88.6 Å². The Morgan fingerprint density at radius 2 is 0.696 bits per heavy atom. The third-order valence-corrected chi connectivity index (χ3v) is 13.7. The molecule has 4 heterocycles. The molecular formula is C63H40N6. The molecule has 322 valence electrons. The molecule has 0 aliphatic carbocycles. The molecule has 6 heteroatoms. The fraction of sp³-hybridized carbons (Fsp3) is 0. The van der Waals surface area contributed by atoms with E-state index < -0.39 is 0 Å². The molecule has 14 rings (SSSR count). The van der Waals surface area contributed by atoms with Crippen molar-refractivity contribution in [3.05, 3.63) is 243 Å². The first kappa shape index (κ1) is 38.8. The van der Waals surface area contributed by atoms with Gasteiger partial charge in [-0.3, -0.25) is 4.57 Å². The van der Waals surface area contributed by atoms with Crippen molar-refractivity contribution in [1.29, 1.82) is 0 Å². The van der Waals surface area contributed by atoms with Gasteiger partial charge in [0.25, 0.3) is 0 Å². The summed E-state index contributed by atoms with van der Waals surface area (Å²) in [4.78, 5) is 16.3. The van der Waals surface area contributed by atoms with E-state index in [2.05, 4.69) is 244 Å². The average Bonchev–Trinajstić information content (AvgIpc) is 4.07. The zero-order valence-corrected chi connectivity index (χ0v) is 37.3. The summed E-state index contributed by atoms with van der Waals surface area (Å²) in [5, 5.41) is 6.99. The minimum absolute atomic E-state index is 0.540. The van der Waals surface area contributed by atoms with E-state index in [4.69, 9.17) is 15.0 Å². The second-order valence-corrected chi connectivity index (χ2v) is 17.6. The van der Waals surface area contributed by atoms with Crippen LogP contribution in [0.2, 0.25) is 0 Å². The lowest BCUT2D eigenvalue weighted by atomic mass is 10.0. The van der Waals surface area contributed by atoms with Crippen LogP contribution in [0, 0.1) is 0 Å². The predicted octanol–water partition coefficient (Wildman–Crippen LogP) is 15.8. The van der Waals surface area contributed by atoms with Crippen LogP contribution in [-0.4, -0.2) is 28.7 Å². The lowest BCUT2D eigenvalue weighted by Gasteiger charge is -2.16. The highest BCUT2D eigenvalue weighted by atomic mass is 15.2. The molecule has 10 aromatic carbocycles. The third kappa shape index (κ3) is 6.16. The number of nitrogens with zero attached hydrogens (tertiary/aromatic N) is 6. The third-order valence-electron chi connectivity index (χ3n) is 13.7. The lowest BCUT2D eigenvalue weighted by molar-refractivity contribution is 0.953. The molecule has 14 aromatic rings. The summed E-state index contributed by atoms with van der Waals surface area (Å²) in [5.41, 5.74) is 15.0. The largest absolute Gasteiger partial charge is 0.307 e. The number of para-hydroxylation sites is 5. The van der Waals surface area contributed by atoms with Crippen LogP contribution < -0.4 is 0 Å². The van der Waals surface area contributed by atoms with Gasteiger partial charge in [-0.25, -0.2) is 4.98 Å². The Balaban J connectivity index is 1.12. The first-order chi connectivity index (χ1) is 34.2. The van der Waals surface area contributed by atoms with Gasteiger partial charge in [0.2, 0.25) is 5.95 Å². The van der Waals surface area contributed by atoms with Gasteiger partial charge in [0.05, 0.1) is 38.8 Å². The average molecular weight is 881 g/mol. The van der Waals surface area contributed by atoms with E-state index >= 15 is 0 Å². The molecule has 0 aliphatic heterocycles. The van der Waals surface area contributed by atoms with Gasteiger partial charge in [-0.1, -0.05) is 194 Å². The Kier molecular flexibility index (Phi) is 8.79. The molecule has 0 fully saturated rings. The van der Waals surface area contributed by atoms with Crippen LogP contribution >= 0.6 is 0 Å². The SMILES string of the molecule is c1ccc(-c2ccc(-c3nc(-c4cccc(-c5ccccc5)c4)nc(-n4c5ccccc5c5c6c7ccccc7n(-c7ccccc7)c6c(-n6c7ccccc7c7ccccc76)cc54)n3)cc2)cc1. The van der Waals surface area contributed by atoms with Crippen molar-refractivity contribution in [3.63, 3.8) is 0 Å². The first-order valence-corrected chi connectivity index (χ1v) is 23.4. The van der Waals surface area contributed by atoms with Crippen LogP contribution in [0.5, 0.6) is 0 Å². The van der Waals surface area contributed by atoms with Crippen LogP contribution in [0.3, 0.4) is 0 Å². The fourth-order valence-electron chi connectivity index (χ4n) is 10.6. The van der Waals surface area contributed by atoms with Crippen molar-refractivity contribution in [2.24, 2.45) is 0 Å². The lowest BCUT2D eigenvalue weighted by Crippen LogP contribution is -2.07. The van der Waals surface area contributed by atoms with E-state index in [1.807, 2.05) is 12.1 Å². The Morgan fingerprint density at radius 3 is 1.32 bits per heavy atom. The molecule has 0 aliphatic rings. The van der Waals surface area contributed by atoms with Crippen molar-refractivity contribution < 1.29 is 0 Å². The molecule has 0 amide bonds. The minimum atomic E-state index is 0.540. The van der Waals surface area contributed by atoms with E-state index in [1.54, 1.807) is 0 Å². The summed E-state index contributed by atoms with van der Waals surface area (Å²) in [6.07, 6.45) is 0. The number of rotatable bonds is 7. The van der Waals surface area contributed by atoms with Crippen molar-refractivity contribution in [1.82, 2.24) is 28.7 Å². The van der Waals surface area contributed by atoms with Crippen molar-refractivity contribution >= 4 is 65.4 Å². The Bertz CT molecular complexity index is 4230. The summed E-state index contributed by atoms with van der Waals surface area (Å²) < 4.78 is 7.18. The highest BCUT2D eigenvalue weighted by Crippen LogP contribution is 2.46. The maximum absolute atomic E-state index is 5.49. The predicted molar refractivity (Wildman–Crippen MR) is 285 cm³/mol. The van der Waals surface area contributed by atoms with Gasteiger partial charge >= 0.3 is 0 Å². The van der Waals surface area contributed by atoms with Crippen LogP contribution in [0.25, 0.3) is 128 Å². The van der Waals surface area contributed by atoms with Gasteiger partial charge in [-0.2, -0.15) is 9.97 Å². The van der Waals surface area contributed by atoms with Crippen LogP contribution in [-0.2, 0) is 0 Å². The van der Waals surface area contributed by atoms with Crippen LogP contribution in [0.4, 0.5) is 0 Å². The van der Waals surface area contributed by atoms with Crippen LogP contribution in [0.1, 0.15) is 0 Å². The molecule has 0 spiro atoms. The minimum Gasteiger partial charge on any atom is -0.307 e. The molecule has 0 atom stereocenters. The van der Waals surface area contributed by atoms with E-state index in [1.165, 1.54) is 21.5 Å². The smallest absolute Gasteiger partial charge is 0.238 e. The second kappa shape index (κ2) is 15.6. The molecule has 0 N–H and O–H groups in total. The standard InChI is InChI=1S/C63H40N6/c1-4-19-41(20-5-1)43-35-37-44(38-36-43)61-64-62(46-24-18-23-45(39-46)42-21-6-2-7-22-42)66-63(65-61)69-55-34-17-12-29-50(55)58-56(69)40-57(68-52-31-14-10-27-48(52)49-28-11-15-32-53(49)68)60-59(58)51-30-13-16-33-54(51)67(60)47-25-8-3-9-26-47/h1-40H. The van der Waals surface area contributed by atoms with E-state index in [0.29, 0.717) is 17.6 Å². The number of benzene rings is 10. The van der Waals surface area contributed by atoms with Crippen molar-refractivity contribution in [2.75, 3.05) is 0 Å². The summed E-state index contributed by atoms with van der Waals surface area (Å²) >= 11 is 0. The molecule has 6 nitrogen and oxygen atoms in total. The molecule has 0 unspecified atom stereocenters. The zero-order chi connectivity index (χ0) is 45.4. The van der Waals surface area contributed by atoms with Gasteiger partial charge in [0, 0.05) is 49.1 Å². The highest BCUT2D eigenvalue weighted by molar-refractivity contribution is 6.31. The van der Waals surface area contributed by atoms with Crippen molar-refractivity contribution in [3.8, 4) is 62.4 Å². The maximum Gasteiger partial charge on any atom is 0.238 e. The molecule has 4 aromatic heterocycles. The summed E-state index contributed by atoms with van der Waals surface area (Å²) in [6.45, 7) is 0. The van der Waals surface area contributed by atoms with Crippen LogP contribution in [0.15, 0.2) is 243 Å². The molecular weight excluding hydrogens is 841 g/mol. The van der Waals surface area contributed by atoms with Gasteiger partial charge in [0.15, 0.2) is 11.6 Å². The van der Waals surface area contributed by atoms with E-state index in [-0.39, 0.29) is 0 Å². The van der Waals surface area contributed by atoms with Gasteiger partial charge in [-0.15, -0.1) is 0 Å². The van der Waals surface area contributed by atoms with Crippen molar-refractivity contribution in [2.45, 2.75) is 0 Å². The van der Waals surface area contributed by atoms with Gasteiger partial charge in [0.1, 0.15) is 0 Å². The Labute approximate surface area is 397 Å². The van der Waals surface area contributed by atoms with Gasteiger partial charge in [-0.05, 0) is 70.8 Å². The number of hydrogen-bond acceptors (Lipinski definition) is 3. The topological polar surface area (TPSA) is 53.5 Å². The Hall–Kier alpha value is -9.39. The molecule has 0 bridgehead atoms. The molecule has 0 saturated carbocycles. The monoisotopic (exact) mass is 880 g/mol. The summed E-state index contributed by atoms with van der Waals surface area (Å²) in [6, 6.07) is 86.2. The fourth-order valence-corrected chi connectivity index (χ4v) is 10.6. The molecule has 0 saturated heterocycles. The zero-order valence-electron chi connectivity index (χ0n) is 37.3. The summed E-state index contributed by atoms with van der Waals surface area (Å²) in [7, 11) is 0. The Morgan fingerprint density at radius 1 is 0.261 bits per heavy atom. The van der Waals surface area contributed by atoms with Gasteiger partial charge < -0.3 is 9.13 Å². The summed E-state index contributed by atoms with van der Waals surface area (Å²) in [5.74, 6) is 1.73. The normalized spacial score (nSPS) is 11.8. The molecule has 0 radical (unpaired) electrons. The van der Waals surface area contributed by atoms with E-state index in [9.17, 15) is 0 Å².